The van der Waals surface area contributed by atoms with Crippen molar-refractivity contribution in [3.05, 3.63) is 34.2 Å². The van der Waals surface area contributed by atoms with E-state index >= 15 is 0 Å². The molecule has 2 aromatic rings. The Bertz CT molecular complexity index is 787. The second-order valence-corrected chi connectivity index (χ2v) is 6.54. The van der Waals surface area contributed by atoms with E-state index in [0.29, 0.717) is 43.4 Å². The molecule has 0 saturated heterocycles. The SMILES string of the molecule is CCOCCn1c(=O)[nH]c2cc(C(=O)N(CC)C3CCCC3)ccc21. The molecule has 1 amide bonds. The van der Waals surface area contributed by atoms with Crippen molar-refractivity contribution < 1.29 is 9.53 Å². The molecule has 1 fully saturated rings. The van der Waals surface area contributed by atoms with Gasteiger partial charge in [-0.25, -0.2) is 4.79 Å². The summed E-state index contributed by atoms with van der Waals surface area (Å²) in [6, 6.07) is 5.83. The standard InChI is InChI=1S/C19H27N3O3/c1-3-21(15-7-5-6-8-15)18(23)14-9-10-17-16(13-14)20-19(24)22(17)11-12-25-4-2/h9-10,13,15H,3-8,11-12H2,1-2H3,(H,20,24). The first-order valence-corrected chi connectivity index (χ1v) is 9.27. The normalized spacial score (nSPS) is 15.1. The lowest BCUT2D eigenvalue weighted by Crippen LogP contribution is -2.38. The number of imidazole rings is 1. The van der Waals surface area contributed by atoms with Gasteiger partial charge in [0.25, 0.3) is 5.91 Å². The predicted octanol–water partition coefficient (Wildman–Crippen LogP) is 2.77. The average Bonchev–Trinajstić information content (AvgIpc) is 3.23. The number of nitrogens with one attached hydrogen (secondary N) is 1. The van der Waals surface area contributed by atoms with E-state index in [1.54, 1.807) is 10.6 Å². The van der Waals surface area contributed by atoms with Gasteiger partial charge in [-0.15, -0.1) is 0 Å². The van der Waals surface area contributed by atoms with Gasteiger partial charge in [-0.3, -0.25) is 9.36 Å². The van der Waals surface area contributed by atoms with E-state index in [1.807, 2.05) is 30.9 Å². The van der Waals surface area contributed by atoms with Crippen LogP contribution < -0.4 is 5.69 Å². The van der Waals surface area contributed by atoms with Gasteiger partial charge in [-0.1, -0.05) is 12.8 Å². The summed E-state index contributed by atoms with van der Waals surface area (Å²) in [4.78, 5) is 29.9. The van der Waals surface area contributed by atoms with Crippen molar-refractivity contribution in [1.82, 2.24) is 14.5 Å². The molecule has 3 rings (SSSR count). The third kappa shape index (κ3) is 3.63. The number of carbonyl (C=O) groups is 1. The number of H-pyrrole nitrogens is 1. The summed E-state index contributed by atoms with van der Waals surface area (Å²) >= 11 is 0. The van der Waals surface area contributed by atoms with Gasteiger partial charge in [-0.2, -0.15) is 0 Å². The maximum atomic E-state index is 12.9. The molecule has 1 saturated carbocycles. The van der Waals surface area contributed by atoms with E-state index in [1.165, 1.54) is 12.8 Å². The van der Waals surface area contributed by atoms with E-state index in [-0.39, 0.29) is 11.6 Å². The smallest absolute Gasteiger partial charge is 0.326 e. The fraction of sp³-hybridized carbons (Fsp3) is 0.579. The van der Waals surface area contributed by atoms with Crippen LogP contribution >= 0.6 is 0 Å². The zero-order valence-electron chi connectivity index (χ0n) is 15.1. The van der Waals surface area contributed by atoms with Crippen LogP contribution in [0.3, 0.4) is 0 Å². The lowest BCUT2D eigenvalue weighted by molar-refractivity contribution is 0.0693. The van der Waals surface area contributed by atoms with Gasteiger partial charge >= 0.3 is 5.69 Å². The number of aromatic nitrogens is 2. The van der Waals surface area contributed by atoms with E-state index in [4.69, 9.17) is 4.74 Å². The molecule has 0 unspecified atom stereocenters. The number of rotatable bonds is 7. The van der Waals surface area contributed by atoms with Crippen molar-refractivity contribution in [3.8, 4) is 0 Å². The number of ether oxygens (including phenoxy) is 1. The van der Waals surface area contributed by atoms with Gasteiger partial charge in [0.05, 0.1) is 24.2 Å². The molecular formula is C19H27N3O3. The minimum absolute atomic E-state index is 0.0548. The molecule has 0 aliphatic heterocycles. The van der Waals surface area contributed by atoms with Crippen LogP contribution in [0.15, 0.2) is 23.0 Å². The predicted molar refractivity (Wildman–Crippen MR) is 98.0 cm³/mol. The lowest BCUT2D eigenvalue weighted by Gasteiger charge is -2.27. The maximum absolute atomic E-state index is 12.9. The average molecular weight is 345 g/mol. The summed E-state index contributed by atoms with van der Waals surface area (Å²) in [6.07, 6.45) is 4.58. The van der Waals surface area contributed by atoms with Crippen LogP contribution in [0.5, 0.6) is 0 Å². The number of hydrogen-bond donors (Lipinski definition) is 1. The number of hydrogen-bond acceptors (Lipinski definition) is 3. The van der Waals surface area contributed by atoms with E-state index in [0.717, 1.165) is 18.4 Å². The third-order valence-electron chi connectivity index (χ3n) is 5.05. The first-order valence-electron chi connectivity index (χ1n) is 9.27. The highest BCUT2D eigenvalue weighted by Gasteiger charge is 2.26. The molecule has 0 radical (unpaired) electrons. The number of carbonyl (C=O) groups excluding carboxylic acids is 1. The van der Waals surface area contributed by atoms with Crippen molar-refractivity contribution in [2.45, 2.75) is 52.1 Å². The molecule has 0 atom stereocenters. The molecule has 0 spiro atoms. The highest BCUT2D eigenvalue weighted by molar-refractivity contribution is 5.97. The zero-order valence-corrected chi connectivity index (χ0v) is 15.1. The monoisotopic (exact) mass is 345 g/mol. The largest absolute Gasteiger partial charge is 0.380 e. The van der Waals surface area contributed by atoms with Gasteiger partial charge in [0.15, 0.2) is 0 Å². The molecule has 136 valence electrons. The molecule has 1 aromatic heterocycles. The van der Waals surface area contributed by atoms with E-state index < -0.39 is 0 Å². The van der Waals surface area contributed by atoms with Crippen molar-refractivity contribution in [2.75, 3.05) is 19.8 Å². The number of amides is 1. The molecular weight excluding hydrogens is 318 g/mol. The van der Waals surface area contributed by atoms with Crippen LogP contribution in [0.4, 0.5) is 0 Å². The lowest BCUT2D eigenvalue weighted by atomic mass is 10.1. The van der Waals surface area contributed by atoms with Gasteiger partial charge in [0.1, 0.15) is 0 Å². The molecule has 6 heteroatoms. The van der Waals surface area contributed by atoms with Crippen LogP contribution in [0.2, 0.25) is 0 Å². The van der Waals surface area contributed by atoms with Crippen molar-refractivity contribution >= 4 is 16.9 Å². The van der Waals surface area contributed by atoms with Crippen molar-refractivity contribution in [2.24, 2.45) is 0 Å². The molecule has 25 heavy (non-hydrogen) atoms. The Morgan fingerprint density at radius 2 is 2.08 bits per heavy atom. The van der Waals surface area contributed by atoms with Crippen LogP contribution in [-0.2, 0) is 11.3 Å². The zero-order chi connectivity index (χ0) is 17.8. The summed E-state index contributed by atoms with van der Waals surface area (Å²) in [5, 5.41) is 0. The molecule has 6 nitrogen and oxygen atoms in total. The summed E-state index contributed by atoms with van der Waals surface area (Å²) in [6.45, 7) is 6.30. The molecule has 1 heterocycles. The van der Waals surface area contributed by atoms with Gasteiger partial charge < -0.3 is 14.6 Å². The molecule has 1 aliphatic rings. The number of benzene rings is 1. The van der Waals surface area contributed by atoms with Crippen LogP contribution in [-0.4, -0.2) is 46.2 Å². The fourth-order valence-electron chi connectivity index (χ4n) is 3.77. The van der Waals surface area contributed by atoms with E-state index in [9.17, 15) is 9.59 Å². The van der Waals surface area contributed by atoms with Gasteiger partial charge in [0, 0.05) is 24.8 Å². The maximum Gasteiger partial charge on any atom is 0.326 e. The summed E-state index contributed by atoms with van der Waals surface area (Å²) in [5.74, 6) is 0.0548. The van der Waals surface area contributed by atoms with Crippen molar-refractivity contribution in [1.29, 1.82) is 0 Å². The first kappa shape index (κ1) is 17.7. The summed E-state index contributed by atoms with van der Waals surface area (Å²) in [7, 11) is 0. The Balaban J connectivity index is 1.85. The highest BCUT2D eigenvalue weighted by Crippen LogP contribution is 2.25. The Kier molecular flexibility index (Phi) is 5.58. The van der Waals surface area contributed by atoms with Gasteiger partial charge in [0.2, 0.25) is 0 Å². The Morgan fingerprint density at radius 1 is 1.32 bits per heavy atom. The summed E-state index contributed by atoms with van der Waals surface area (Å²) < 4.78 is 7.00. The quantitative estimate of drug-likeness (QED) is 0.785. The molecule has 0 bridgehead atoms. The second kappa shape index (κ2) is 7.87. The summed E-state index contributed by atoms with van der Waals surface area (Å²) in [5.41, 5.74) is 1.99. The Morgan fingerprint density at radius 3 is 2.76 bits per heavy atom. The molecule has 1 aliphatic carbocycles. The number of fused-ring (bicyclic) bond motifs is 1. The fourth-order valence-corrected chi connectivity index (χ4v) is 3.77. The second-order valence-electron chi connectivity index (χ2n) is 6.54. The Hall–Kier alpha value is -2.08. The minimum atomic E-state index is -0.164. The van der Waals surface area contributed by atoms with E-state index in [2.05, 4.69) is 4.98 Å². The number of nitrogens with zero attached hydrogens (tertiary/aromatic N) is 2. The van der Waals surface area contributed by atoms with Crippen LogP contribution in [0, 0.1) is 0 Å². The Labute approximate surface area is 147 Å². The highest BCUT2D eigenvalue weighted by atomic mass is 16.5. The van der Waals surface area contributed by atoms with Crippen LogP contribution in [0.1, 0.15) is 49.9 Å². The van der Waals surface area contributed by atoms with Crippen molar-refractivity contribution in [3.63, 3.8) is 0 Å². The molecule has 1 aromatic carbocycles. The molecule has 1 N–H and O–H groups in total. The minimum Gasteiger partial charge on any atom is -0.380 e. The van der Waals surface area contributed by atoms with Crippen LogP contribution in [0.25, 0.3) is 11.0 Å². The number of aromatic amines is 1. The first-order chi connectivity index (χ1) is 12.2. The third-order valence-corrected chi connectivity index (χ3v) is 5.05. The van der Waals surface area contributed by atoms with Gasteiger partial charge in [-0.05, 0) is 44.9 Å². The topological polar surface area (TPSA) is 67.3 Å².